The normalized spacial score (nSPS) is 26.0. The van der Waals surface area contributed by atoms with Crippen LogP contribution in [0.25, 0.3) is 0 Å². The largest absolute Gasteiger partial charge is 0.481 e. The highest BCUT2D eigenvalue weighted by atomic mass is 16.4. The first-order valence-corrected chi connectivity index (χ1v) is 9.56. The van der Waals surface area contributed by atoms with Crippen molar-refractivity contribution < 1.29 is 9.90 Å². The molecule has 4 nitrogen and oxygen atoms in total. The third-order valence-corrected chi connectivity index (χ3v) is 5.68. The van der Waals surface area contributed by atoms with Gasteiger partial charge in [-0.2, -0.15) is 0 Å². The molecule has 0 aromatic rings. The third-order valence-electron chi connectivity index (χ3n) is 5.68. The summed E-state index contributed by atoms with van der Waals surface area (Å²) in [6.45, 7) is 20.6. The van der Waals surface area contributed by atoms with E-state index in [-0.39, 0.29) is 22.8 Å². The Labute approximate surface area is 153 Å². The molecule has 0 aliphatic carbocycles. The Bertz CT molecular complexity index is 602. The molecule has 2 heterocycles. The van der Waals surface area contributed by atoms with Crippen LogP contribution in [0, 0.1) is 28.6 Å². The number of carbonyl (C=O) groups is 1. The Hall–Kier alpha value is -1.32. The third kappa shape index (κ3) is 3.78. The number of aliphatic imine (C=N–C) groups is 1. The smallest absolute Gasteiger partial charge is 0.308 e. The minimum Gasteiger partial charge on any atom is -0.481 e. The van der Waals surface area contributed by atoms with Crippen LogP contribution >= 0.6 is 0 Å². The molecule has 0 aromatic carbocycles. The van der Waals surface area contributed by atoms with Gasteiger partial charge in [-0.1, -0.05) is 62.3 Å². The van der Waals surface area contributed by atoms with Crippen LogP contribution in [0.4, 0.5) is 0 Å². The van der Waals surface area contributed by atoms with Gasteiger partial charge in [-0.05, 0) is 22.3 Å². The van der Waals surface area contributed by atoms with Crippen molar-refractivity contribution in [3.63, 3.8) is 0 Å². The number of carboxylic acid groups (broad SMARTS) is 1. The summed E-state index contributed by atoms with van der Waals surface area (Å²) >= 11 is 0. The summed E-state index contributed by atoms with van der Waals surface area (Å²) in [5, 5.41) is 9.62. The Morgan fingerprint density at radius 1 is 1.16 bits per heavy atom. The average molecular weight is 349 g/mol. The SMILES string of the molecule is CC(C)C(C)C1=NC(C(C)(C)C)C(C(C)(C)C)=C2CC(C(=O)O)CN12. The van der Waals surface area contributed by atoms with Crippen molar-refractivity contribution in [3.05, 3.63) is 11.3 Å². The van der Waals surface area contributed by atoms with E-state index in [2.05, 4.69) is 67.2 Å². The number of hydrogen-bond acceptors (Lipinski definition) is 3. The number of carboxylic acids is 1. The lowest BCUT2D eigenvalue weighted by atomic mass is 9.70. The van der Waals surface area contributed by atoms with Gasteiger partial charge in [0.25, 0.3) is 0 Å². The lowest BCUT2D eigenvalue weighted by Crippen LogP contribution is -2.45. The highest BCUT2D eigenvalue weighted by Crippen LogP contribution is 2.47. The van der Waals surface area contributed by atoms with Gasteiger partial charge in [-0.3, -0.25) is 9.79 Å². The zero-order chi connectivity index (χ0) is 19.3. The van der Waals surface area contributed by atoms with Gasteiger partial charge in [0.1, 0.15) is 5.84 Å². The summed E-state index contributed by atoms with van der Waals surface area (Å²) in [6, 6.07) is 0.0995. The van der Waals surface area contributed by atoms with E-state index in [1.54, 1.807) is 0 Å². The number of allylic oxidation sites excluding steroid dienone is 1. The zero-order valence-corrected chi connectivity index (χ0v) is 17.5. The number of rotatable bonds is 3. The summed E-state index contributed by atoms with van der Waals surface area (Å²) in [6.07, 6.45) is 0.623. The van der Waals surface area contributed by atoms with Crippen molar-refractivity contribution in [2.45, 2.75) is 74.8 Å². The highest BCUT2D eigenvalue weighted by molar-refractivity contribution is 5.89. The van der Waals surface area contributed by atoms with Crippen molar-refractivity contribution in [1.82, 2.24) is 4.90 Å². The molecule has 3 atom stereocenters. The van der Waals surface area contributed by atoms with Gasteiger partial charge in [-0.25, -0.2) is 0 Å². The van der Waals surface area contributed by atoms with Gasteiger partial charge in [0.2, 0.25) is 0 Å². The van der Waals surface area contributed by atoms with Crippen LogP contribution in [0.3, 0.4) is 0 Å². The van der Waals surface area contributed by atoms with Crippen LogP contribution in [0.5, 0.6) is 0 Å². The summed E-state index contributed by atoms with van der Waals surface area (Å²) < 4.78 is 0. The summed E-state index contributed by atoms with van der Waals surface area (Å²) in [4.78, 5) is 19.2. The fraction of sp³-hybridized carbons (Fsp3) is 0.810. The number of aliphatic carboxylic acids is 1. The molecule has 3 unspecified atom stereocenters. The Balaban J connectivity index is 2.66. The van der Waals surface area contributed by atoms with Gasteiger partial charge in [0.05, 0.1) is 12.0 Å². The van der Waals surface area contributed by atoms with Gasteiger partial charge < -0.3 is 10.0 Å². The van der Waals surface area contributed by atoms with E-state index in [1.807, 2.05) is 0 Å². The van der Waals surface area contributed by atoms with E-state index in [0.29, 0.717) is 24.8 Å². The Kier molecular flexibility index (Phi) is 5.15. The van der Waals surface area contributed by atoms with Crippen LogP contribution in [0.15, 0.2) is 16.3 Å². The lowest BCUT2D eigenvalue weighted by molar-refractivity contribution is -0.141. The zero-order valence-electron chi connectivity index (χ0n) is 17.5. The lowest BCUT2D eigenvalue weighted by Gasteiger charge is -2.45. The molecule has 2 aliphatic heterocycles. The number of fused-ring (bicyclic) bond motifs is 1. The molecule has 0 bridgehead atoms. The van der Waals surface area contributed by atoms with Crippen molar-refractivity contribution in [3.8, 4) is 0 Å². The molecular weight excluding hydrogens is 312 g/mol. The summed E-state index contributed by atoms with van der Waals surface area (Å²) in [5.74, 6) is 0.839. The maximum absolute atomic E-state index is 11.7. The maximum Gasteiger partial charge on any atom is 0.308 e. The summed E-state index contributed by atoms with van der Waals surface area (Å²) in [5.41, 5.74) is 2.51. The molecule has 2 rings (SSSR count). The molecule has 4 heteroatoms. The molecule has 1 saturated heterocycles. The number of amidine groups is 1. The van der Waals surface area contributed by atoms with Crippen molar-refractivity contribution >= 4 is 11.8 Å². The van der Waals surface area contributed by atoms with E-state index in [1.165, 1.54) is 11.3 Å². The Morgan fingerprint density at radius 3 is 2.12 bits per heavy atom. The summed E-state index contributed by atoms with van der Waals surface area (Å²) in [7, 11) is 0. The van der Waals surface area contributed by atoms with Crippen molar-refractivity contribution in [1.29, 1.82) is 0 Å². The molecule has 0 spiro atoms. The second kappa shape index (κ2) is 6.44. The Morgan fingerprint density at radius 2 is 1.72 bits per heavy atom. The fourth-order valence-corrected chi connectivity index (χ4v) is 3.95. The molecule has 0 saturated carbocycles. The molecule has 1 N–H and O–H groups in total. The van der Waals surface area contributed by atoms with E-state index < -0.39 is 5.97 Å². The molecule has 1 fully saturated rings. The second-order valence-electron chi connectivity index (χ2n) is 10.2. The highest BCUT2D eigenvalue weighted by Gasteiger charge is 2.46. The molecule has 0 aromatic heterocycles. The van der Waals surface area contributed by atoms with E-state index in [0.717, 1.165) is 5.84 Å². The van der Waals surface area contributed by atoms with E-state index in [4.69, 9.17) is 4.99 Å². The molecule has 2 aliphatic rings. The molecule has 0 amide bonds. The van der Waals surface area contributed by atoms with Gasteiger partial charge >= 0.3 is 5.97 Å². The molecule has 142 valence electrons. The van der Waals surface area contributed by atoms with E-state index in [9.17, 15) is 9.90 Å². The first kappa shape index (κ1) is 20.0. The second-order valence-corrected chi connectivity index (χ2v) is 10.2. The first-order valence-electron chi connectivity index (χ1n) is 9.56. The molecule has 0 radical (unpaired) electrons. The number of hydrogen-bond donors (Lipinski definition) is 1. The standard InChI is InChI=1S/C21H36N2O2/c1-12(2)13(3)18-22-17(21(7,8)9)16(20(4,5)6)15-10-14(19(24)25)11-23(15)18/h12-14,17H,10-11H2,1-9H3,(H,24,25). The van der Waals surface area contributed by atoms with Crippen molar-refractivity contribution in [2.75, 3.05) is 6.54 Å². The number of nitrogens with zero attached hydrogens (tertiary/aromatic N) is 2. The first-order chi connectivity index (χ1) is 11.2. The predicted molar refractivity (Wildman–Crippen MR) is 104 cm³/mol. The van der Waals surface area contributed by atoms with Gasteiger partial charge in [-0.15, -0.1) is 0 Å². The van der Waals surface area contributed by atoms with Crippen LogP contribution in [-0.4, -0.2) is 34.4 Å². The topological polar surface area (TPSA) is 52.9 Å². The minimum absolute atomic E-state index is 0.00492. The fourth-order valence-electron chi connectivity index (χ4n) is 3.95. The minimum atomic E-state index is -0.695. The van der Waals surface area contributed by atoms with Crippen LogP contribution in [0.1, 0.15) is 68.7 Å². The maximum atomic E-state index is 11.7. The van der Waals surface area contributed by atoms with Crippen LogP contribution in [0.2, 0.25) is 0 Å². The quantitative estimate of drug-likeness (QED) is 0.796. The van der Waals surface area contributed by atoms with Crippen molar-refractivity contribution in [2.24, 2.45) is 33.6 Å². The molecular formula is C21H36N2O2. The molecule has 25 heavy (non-hydrogen) atoms. The van der Waals surface area contributed by atoms with Gasteiger partial charge in [0.15, 0.2) is 0 Å². The monoisotopic (exact) mass is 348 g/mol. The van der Waals surface area contributed by atoms with Gasteiger partial charge in [0, 0.05) is 24.6 Å². The average Bonchev–Trinajstić information content (AvgIpc) is 2.87. The van der Waals surface area contributed by atoms with E-state index >= 15 is 0 Å². The predicted octanol–water partition coefficient (Wildman–Crippen LogP) is 4.81. The van der Waals surface area contributed by atoms with Crippen LogP contribution < -0.4 is 0 Å². The van der Waals surface area contributed by atoms with Crippen LogP contribution in [-0.2, 0) is 4.79 Å².